The summed E-state index contributed by atoms with van der Waals surface area (Å²) in [6.07, 6.45) is -2.99. The van der Waals surface area contributed by atoms with Crippen LogP contribution >= 0.6 is 22.9 Å². The van der Waals surface area contributed by atoms with E-state index in [9.17, 15) is 23.1 Å². The van der Waals surface area contributed by atoms with Gasteiger partial charge in [0.1, 0.15) is 5.36 Å². The van der Waals surface area contributed by atoms with Crippen molar-refractivity contribution >= 4 is 34.8 Å². The van der Waals surface area contributed by atoms with E-state index in [1.165, 1.54) is 6.07 Å². The molecule has 1 aliphatic heterocycles. The van der Waals surface area contributed by atoms with E-state index in [0.717, 1.165) is 17.4 Å². The van der Waals surface area contributed by atoms with Crippen molar-refractivity contribution in [3.05, 3.63) is 82.7 Å². The number of hydrogen-bond acceptors (Lipinski definition) is 5. The third kappa shape index (κ3) is 3.46. The number of aromatic nitrogens is 1. The van der Waals surface area contributed by atoms with E-state index in [4.69, 9.17) is 11.6 Å². The third-order valence-corrected chi connectivity index (χ3v) is 4.96. The number of H-pyrrole nitrogens is 1. The van der Waals surface area contributed by atoms with Crippen LogP contribution in [-0.2, 0) is 6.18 Å². The fraction of sp³-hybridized carbons (Fsp3) is 0.0556. The topological polar surface area (TPSA) is 77.8 Å². The summed E-state index contributed by atoms with van der Waals surface area (Å²) in [6.45, 7) is 0. The number of benzene rings is 2. The van der Waals surface area contributed by atoms with Crippen LogP contribution in [0.4, 0.5) is 13.2 Å². The monoisotopic (exact) mass is 423 g/mol. The van der Waals surface area contributed by atoms with Crippen LogP contribution in [0.1, 0.15) is 10.4 Å². The average molecular weight is 424 g/mol. The summed E-state index contributed by atoms with van der Waals surface area (Å²) in [5.74, 6) is -0.0790. The van der Waals surface area contributed by atoms with E-state index in [-0.39, 0.29) is 32.3 Å². The first-order valence-corrected chi connectivity index (χ1v) is 8.98. The van der Waals surface area contributed by atoms with Gasteiger partial charge < -0.3 is 5.11 Å². The van der Waals surface area contributed by atoms with Gasteiger partial charge in [-0.2, -0.15) is 13.2 Å². The lowest BCUT2D eigenvalue weighted by molar-refractivity contribution is -0.138. The highest BCUT2D eigenvalue weighted by atomic mass is 35.5. The molecule has 0 aliphatic carbocycles. The number of alkyl halides is 3. The Morgan fingerprint density at radius 2 is 1.86 bits per heavy atom. The molecule has 0 fully saturated rings. The fourth-order valence-electron chi connectivity index (χ4n) is 2.69. The summed E-state index contributed by atoms with van der Waals surface area (Å²) in [7, 11) is 0. The Hall–Kier alpha value is -2.91. The van der Waals surface area contributed by atoms with Crippen molar-refractivity contribution in [2.24, 2.45) is 9.98 Å². The van der Waals surface area contributed by atoms with Crippen LogP contribution < -0.4 is 26.0 Å². The summed E-state index contributed by atoms with van der Waals surface area (Å²) >= 11 is 6.64. The zero-order valence-corrected chi connectivity index (χ0v) is 15.3. The summed E-state index contributed by atoms with van der Waals surface area (Å²) in [5, 5.41) is 10.6. The van der Waals surface area contributed by atoms with E-state index in [1.54, 1.807) is 30.3 Å². The van der Waals surface area contributed by atoms with Crippen molar-refractivity contribution in [1.29, 1.82) is 0 Å². The Morgan fingerprint density at radius 3 is 2.46 bits per heavy atom. The minimum absolute atomic E-state index is 0.0625. The zero-order chi connectivity index (χ0) is 20.1. The number of rotatable bonds is 1. The maximum atomic E-state index is 13.2. The van der Waals surface area contributed by atoms with Crippen LogP contribution in [0.25, 0.3) is 11.9 Å². The normalized spacial score (nSPS) is 13.1. The van der Waals surface area contributed by atoms with Crippen molar-refractivity contribution in [2.45, 2.75) is 6.18 Å². The molecule has 5 nitrogen and oxygen atoms in total. The average Bonchev–Trinajstić information content (AvgIpc) is 3.16. The molecule has 2 aromatic carbocycles. The first-order valence-electron chi connectivity index (χ1n) is 7.79. The largest absolute Gasteiger partial charge is 0.493 e. The number of nitrogens with zero attached hydrogens (tertiary/aromatic N) is 2. The molecule has 1 aliphatic rings. The lowest BCUT2D eigenvalue weighted by Gasteiger charge is -2.05. The van der Waals surface area contributed by atoms with Gasteiger partial charge >= 0.3 is 11.0 Å². The lowest BCUT2D eigenvalue weighted by Crippen LogP contribution is -2.30. The fourth-order valence-corrected chi connectivity index (χ4v) is 3.59. The van der Waals surface area contributed by atoms with Gasteiger partial charge in [-0.25, -0.2) is 9.98 Å². The number of hydrogen-bond donors (Lipinski definition) is 2. The van der Waals surface area contributed by atoms with E-state index < -0.39 is 11.7 Å². The third-order valence-electron chi connectivity index (χ3n) is 3.93. The maximum absolute atomic E-state index is 13.2. The first-order chi connectivity index (χ1) is 13.2. The summed E-state index contributed by atoms with van der Waals surface area (Å²) in [6, 6.07) is 8.80. The molecule has 0 saturated carbocycles. The van der Waals surface area contributed by atoms with Crippen molar-refractivity contribution in [3.63, 3.8) is 0 Å². The molecule has 0 saturated heterocycles. The van der Waals surface area contributed by atoms with Crippen LogP contribution in [-0.4, -0.2) is 10.1 Å². The molecule has 1 aromatic heterocycles. The number of nitrogens with one attached hydrogen (secondary N) is 1. The van der Waals surface area contributed by atoms with E-state index in [2.05, 4.69) is 15.0 Å². The molecule has 2 N–H and O–H groups in total. The van der Waals surface area contributed by atoms with Gasteiger partial charge in [0.25, 0.3) is 0 Å². The summed E-state index contributed by atoms with van der Waals surface area (Å²) in [4.78, 5) is 21.7. The van der Waals surface area contributed by atoms with Crippen molar-refractivity contribution in [2.75, 3.05) is 0 Å². The second kappa shape index (κ2) is 6.61. The number of aromatic amines is 1. The van der Waals surface area contributed by atoms with Crippen molar-refractivity contribution in [3.8, 4) is 5.88 Å². The Labute approximate surface area is 163 Å². The number of fused-ring (bicyclic) bond motifs is 1. The van der Waals surface area contributed by atoms with Gasteiger partial charge in [-0.3, -0.25) is 9.78 Å². The molecule has 28 heavy (non-hydrogen) atoms. The molecular weight excluding hydrogens is 415 g/mol. The quantitative estimate of drug-likeness (QED) is 0.624. The SMILES string of the molecule is O=c1[nH]c(O)c(C=c2ccc(=C3N=c4cc(Cl)cc(C(F)(F)F)c4=N3)cc2)s1. The van der Waals surface area contributed by atoms with E-state index >= 15 is 0 Å². The molecule has 4 rings (SSSR count). The summed E-state index contributed by atoms with van der Waals surface area (Å²) in [5.41, 5.74) is -0.934. The lowest BCUT2D eigenvalue weighted by atomic mass is 10.2. The minimum atomic E-state index is -4.59. The number of aromatic hydroxyl groups is 1. The van der Waals surface area contributed by atoms with E-state index in [0.29, 0.717) is 15.3 Å². The molecule has 3 aromatic rings. The molecule has 10 heteroatoms. The Bertz CT molecular complexity index is 1380. The highest BCUT2D eigenvalue weighted by Crippen LogP contribution is 2.28. The van der Waals surface area contributed by atoms with Gasteiger partial charge in [0.05, 0.1) is 15.8 Å². The summed E-state index contributed by atoms with van der Waals surface area (Å²) < 4.78 is 39.7. The van der Waals surface area contributed by atoms with Gasteiger partial charge in [0, 0.05) is 10.2 Å². The highest BCUT2D eigenvalue weighted by molar-refractivity contribution is 7.10. The predicted octanol–water partition coefficient (Wildman–Crippen LogP) is 1.66. The molecular formula is C18H9ClF3N3O2S. The van der Waals surface area contributed by atoms with Crippen LogP contribution in [0.5, 0.6) is 5.88 Å². The van der Waals surface area contributed by atoms with Gasteiger partial charge in [-0.05, 0) is 23.4 Å². The van der Waals surface area contributed by atoms with Gasteiger partial charge in [-0.1, -0.05) is 47.2 Å². The minimum Gasteiger partial charge on any atom is -0.493 e. The molecule has 0 radical (unpaired) electrons. The second-order valence-corrected chi connectivity index (χ2v) is 7.31. The molecule has 142 valence electrons. The zero-order valence-electron chi connectivity index (χ0n) is 13.7. The molecule has 0 amide bonds. The van der Waals surface area contributed by atoms with Crippen LogP contribution in [0.15, 0.2) is 51.2 Å². The molecule has 2 heterocycles. The molecule has 0 unspecified atom stereocenters. The van der Waals surface area contributed by atoms with Crippen molar-refractivity contribution in [1.82, 2.24) is 4.98 Å². The van der Waals surface area contributed by atoms with Gasteiger partial charge in [0.15, 0.2) is 5.82 Å². The van der Waals surface area contributed by atoms with Gasteiger partial charge in [-0.15, -0.1) is 0 Å². The molecule has 0 atom stereocenters. The van der Waals surface area contributed by atoms with Crippen LogP contribution in [0.2, 0.25) is 5.02 Å². The number of thiazole rings is 1. The Balaban J connectivity index is 1.84. The molecule has 0 bridgehead atoms. The standard InChI is InChI=1S/C18H9ClF3N3O2S/c19-10-6-11(18(20,21)22)14-12(7-10)23-15(24-14)9-3-1-8(2-4-9)5-13-16(26)25-17(27)28-13/h1-7,26H,(H,25,27). The predicted molar refractivity (Wildman–Crippen MR) is 98.0 cm³/mol. The maximum Gasteiger partial charge on any atom is 0.418 e. The first kappa shape index (κ1) is 18.5. The Kier molecular flexibility index (Phi) is 4.35. The van der Waals surface area contributed by atoms with Crippen LogP contribution in [0.3, 0.4) is 0 Å². The highest BCUT2D eigenvalue weighted by Gasteiger charge is 2.34. The number of halogens is 4. The Morgan fingerprint density at radius 1 is 1.14 bits per heavy atom. The van der Waals surface area contributed by atoms with Crippen molar-refractivity contribution < 1.29 is 18.3 Å². The second-order valence-electron chi connectivity index (χ2n) is 5.86. The smallest absolute Gasteiger partial charge is 0.418 e. The van der Waals surface area contributed by atoms with E-state index in [1.807, 2.05) is 0 Å². The molecule has 0 spiro atoms. The van der Waals surface area contributed by atoms with Gasteiger partial charge in [0.2, 0.25) is 5.88 Å². The van der Waals surface area contributed by atoms with Crippen LogP contribution in [0, 0.1) is 0 Å².